The molecular formula is C19H23N7OS. The molecule has 8 nitrogen and oxygen atoms in total. The van der Waals surface area contributed by atoms with Crippen LogP contribution >= 0.6 is 11.8 Å². The van der Waals surface area contributed by atoms with Gasteiger partial charge in [0.1, 0.15) is 11.5 Å². The van der Waals surface area contributed by atoms with Gasteiger partial charge in [0.2, 0.25) is 0 Å². The van der Waals surface area contributed by atoms with Crippen LogP contribution in [-0.2, 0) is 6.54 Å². The highest BCUT2D eigenvalue weighted by molar-refractivity contribution is 7.98. The van der Waals surface area contributed by atoms with Crippen molar-refractivity contribution >= 4 is 34.5 Å². The van der Waals surface area contributed by atoms with Crippen molar-refractivity contribution < 1.29 is 4.79 Å². The van der Waals surface area contributed by atoms with Gasteiger partial charge >= 0.3 is 0 Å². The molecule has 0 bridgehead atoms. The fourth-order valence-corrected chi connectivity index (χ4v) is 3.74. The Kier molecular flexibility index (Phi) is 5.70. The fourth-order valence-electron chi connectivity index (χ4n) is 3.39. The standard InChI is InChI=1S/C19H23N7OS/c1-28-19-23-16(25-10-5-2-6-11-25)14-13-22-26(17(14)24-19)12-9-21-18(27)15-7-3-4-8-20-15/h3-4,7-8,13H,2,5-6,9-12H2,1H3,(H,21,27). The first-order valence-electron chi connectivity index (χ1n) is 9.48. The number of carbonyl (C=O) groups is 1. The highest BCUT2D eigenvalue weighted by Crippen LogP contribution is 2.28. The van der Waals surface area contributed by atoms with E-state index in [0.29, 0.717) is 18.8 Å². The molecule has 146 valence electrons. The van der Waals surface area contributed by atoms with Crippen LogP contribution in [0.4, 0.5) is 5.82 Å². The molecule has 1 amide bonds. The Morgan fingerprint density at radius 3 is 2.82 bits per heavy atom. The number of hydrogen-bond acceptors (Lipinski definition) is 7. The van der Waals surface area contributed by atoms with Crippen LogP contribution in [-0.4, -0.2) is 56.5 Å². The normalized spacial score (nSPS) is 14.4. The molecule has 28 heavy (non-hydrogen) atoms. The molecule has 0 radical (unpaired) electrons. The van der Waals surface area contributed by atoms with Crippen molar-refractivity contribution in [2.24, 2.45) is 0 Å². The van der Waals surface area contributed by atoms with Crippen LogP contribution in [0.5, 0.6) is 0 Å². The molecule has 1 aliphatic heterocycles. The number of hydrogen-bond donors (Lipinski definition) is 1. The number of anilines is 1. The molecule has 1 N–H and O–H groups in total. The molecule has 0 unspecified atom stereocenters. The maximum atomic E-state index is 12.2. The number of nitrogens with one attached hydrogen (secondary N) is 1. The molecule has 3 aromatic heterocycles. The van der Waals surface area contributed by atoms with Crippen molar-refractivity contribution in [3.63, 3.8) is 0 Å². The summed E-state index contributed by atoms with van der Waals surface area (Å²) in [7, 11) is 0. The third kappa shape index (κ3) is 3.94. The average molecular weight is 398 g/mol. The summed E-state index contributed by atoms with van der Waals surface area (Å²) in [4.78, 5) is 28.0. The van der Waals surface area contributed by atoms with E-state index in [9.17, 15) is 4.79 Å². The van der Waals surface area contributed by atoms with E-state index in [4.69, 9.17) is 4.98 Å². The Labute approximate surface area is 167 Å². The van der Waals surface area contributed by atoms with Gasteiger partial charge in [0, 0.05) is 25.8 Å². The van der Waals surface area contributed by atoms with Gasteiger partial charge in [-0.05, 0) is 37.7 Å². The van der Waals surface area contributed by atoms with E-state index in [1.807, 2.05) is 17.1 Å². The lowest BCUT2D eigenvalue weighted by Crippen LogP contribution is -2.30. The zero-order chi connectivity index (χ0) is 19.3. The van der Waals surface area contributed by atoms with E-state index in [2.05, 4.69) is 25.3 Å². The number of aromatic nitrogens is 5. The lowest BCUT2D eigenvalue weighted by Gasteiger charge is -2.28. The van der Waals surface area contributed by atoms with Gasteiger partial charge in [-0.3, -0.25) is 9.78 Å². The summed E-state index contributed by atoms with van der Waals surface area (Å²) in [6, 6.07) is 5.28. The average Bonchev–Trinajstić information content (AvgIpc) is 3.17. The van der Waals surface area contributed by atoms with Crippen molar-refractivity contribution in [3.8, 4) is 0 Å². The lowest BCUT2D eigenvalue weighted by molar-refractivity contribution is 0.0947. The van der Waals surface area contributed by atoms with Gasteiger partial charge in [0.15, 0.2) is 10.8 Å². The van der Waals surface area contributed by atoms with Crippen LogP contribution in [0.15, 0.2) is 35.7 Å². The summed E-state index contributed by atoms with van der Waals surface area (Å²) in [5.41, 5.74) is 1.22. The van der Waals surface area contributed by atoms with Crippen LogP contribution in [0.1, 0.15) is 29.8 Å². The Bertz CT molecular complexity index is 954. The van der Waals surface area contributed by atoms with Crippen molar-refractivity contribution in [3.05, 3.63) is 36.3 Å². The minimum atomic E-state index is -0.189. The monoisotopic (exact) mass is 397 g/mol. The SMILES string of the molecule is CSc1nc(N2CCCCC2)c2cnn(CCNC(=O)c3ccccn3)c2n1. The maximum Gasteiger partial charge on any atom is 0.269 e. The van der Waals surface area contributed by atoms with E-state index < -0.39 is 0 Å². The second kappa shape index (κ2) is 8.55. The molecule has 0 aliphatic carbocycles. The summed E-state index contributed by atoms with van der Waals surface area (Å²) < 4.78 is 1.84. The van der Waals surface area contributed by atoms with Crippen molar-refractivity contribution in [1.82, 2.24) is 30.0 Å². The van der Waals surface area contributed by atoms with Crippen LogP contribution in [0.2, 0.25) is 0 Å². The summed E-state index contributed by atoms with van der Waals surface area (Å²) in [6.45, 7) is 3.02. The number of carbonyl (C=O) groups excluding carboxylic acids is 1. The molecule has 3 aromatic rings. The number of piperidine rings is 1. The van der Waals surface area contributed by atoms with Gasteiger partial charge in [-0.15, -0.1) is 0 Å². The van der Waals surface area contributed by atoms with Crippen molar-refractivity contribution in [2.45, 2.75) is 31.0 Å². The number of nitrogens with zero attached hydrogens (tertiary/aromatic N) is 6. The first-order chi connectivity index (χ1) is 13.8. The molecule has 1 aliphatic rings. The number of rotatable bonds is 6. The molecule has 1 saturated heterocycles. The molecule has 0 spiro atoms. The molecule has 4 rings (SSSR count). The zero-order valence-corrected chi connectivity index (χ0v) is 16.7. The van der Waals surface area contributed by atoms with E-state index in [-0.39, 0.29) is 5.91 Å². The Balaban J connectivity index is 1.52. The van der Waals surface area contributed by atoms with Crippen molar-refractivity contribution in [2.75, 3.05) is 30.8 Å². The molecule has 1 fully saturated rings. The van der Waals surface area contributed by atoms with E-state index in [1.54, 1.807) is 24.4 Å². The third-order valence-corrected chi connectivity index (χ3v) is 5.35. The highest BCUT2D eigenvalue weighted by Gasteiger charge is 2.19. The van der Waals surface area contributed by atoms with Gasteiger partial charge in [-0.2, -0.15) is 5.10 Å². The van der Waals surface area contributed by atoms with Gasteiger partial charge < -0.3 is 10.2 Å². The molecule has 9 heteroatoms. The fraction of sp³-hybridized carbons (Fsp3) is 0.421. The highest BCUT2D eigenvalue weighted by atomic mass is 32.2. The van der Waals surface area contributed by atoms with Gasteiger partial charge in [-0.25, -0.2) is 14.6 Å². The van der Waals surface area contributed by atoms with Crippen molar-refractivity contribution in [1.29, 1.82) is 0 Å². The molecule has 0 atom stereocenters. The van der Waals surface area contributed by atoms with Crippen LogP contribution in [0.3, 0.4) is 0 Å². The molecule has 4 heterocycles. The predicted octanol–water partition coefficient (Wildman–Crippen LogP) is 2.36. The largest absolute Gasteiger partial charge is 0.356 e. The second-order valence-corrected chi connectivity index (χ2v) is 7.43. The smallest absolute Gasteiger partial charge is 0.269 e. The minimum absolute atomic E-state index is 0.189. The number of thioether (sulfide) groups is 1. The minimum Gasteiger partial charge on any atom is -0.356 e. The first kappa shape index (κ1) is 18.7. The van der Waals surface area contributed by atoms with Gasteiger partial charge in [-0.1, -0.05) is 17.8 Å². The van der Waals surface area contributed by atoms with Crippen LogP contribution < -0.4 is 10.2 Å². The van der Waals surface area contributed by atoms with E-state index in [0.717, 1.165) is 35.1 Å². The Morgan fingerprint density at radius 1 is 1.21 bits per heavy atom. The summed E-state index contributed by atoms with van der Waals surface area (Å²) in [5.74, 6) is 0.781. The summed E-state index contributed by atoms with van der Waals surface area (Å²) in [6.07, 6.45) is 9.08. The number of fused-ring (bicyclic) bond motifs is 1. The van der Waals surface area contributed by atoms with Gasteiger partial charge in [0.25, 0.3) is 5.91 Å². The summed E-state index contributed by atoms with van der Waals surface area (Å²) >= 11 is 1.53. The predicted molar refractivity (Wildman–Crippen MR) is 110 cm³/mol. The second-order valence-electron chi connectivity index (χ2n) is 6.66. The Hall–Kier alpha value is -2.68. The Morgan fingerprint density at radius 2 is 2.07 bits per heavy atom. The van der Waals surface area contributed by atoms with Crippen LogP contribution in [0.25, 0.3) is 11.0 Å². The quantitative estimate of drug-likeness (QED) is 0.504. The first-order valence-corrected chi connectivity index (χ1v) is 10.7. The maximum absolute atomic E-state index is 12.2. The summed E-state index contributed by atoms with van der Waals surface area (Å²) in [5, 5.41) is 9.11. The van der Waals surface area contributed by atoms with E-state index in [1.165, 1.54) is 31.0 Å². The third-order valence-electron chi connectivity index (χ3n) is 4.80. The molecule has 0 aromatic carbocycles. The molecule has 0 saturated carbocycles. The molecular weight excluding hydrogens is 374 g/mol. The lowest BCUT2D eigenvalue weighted by atomic mass is 10.1. The number of amides is 1. The zero-order valence-electron chi connectivity index (χ0n) is 15.8. The van der Waals surface area contributed by atoms with E-state index >= 15 is 0 Å². The van der Waals surface area contributed by atoms with Crippen LogP contribution in [0, 0.1) is 0 Å². The topological polar surface area (TPSA) is 88.8 Å². The van der Waals surface area contributed by atoms with Gasteiger partial charge in [0.05, 0.1) is 18.1 Å². The number of pyridine rings is 1.